The Morgan fingerprint density at radius 2 is 2.12 bits per heavy atom. The SMILES string of the molecule is OCC[C@@H]1[C@H]2CCCC[C@H]2C2=NCCCN21. The molecule has 0 bridgehead atoms. The van der Waals surface area contributed by atoms with E-state index in [2.05, 4.69) is 4.90 Å². The maximum absolute atomic E-state index is 9.24. The first-order valence-corrected chi connectivity index (χ1v) is 6.83. The number of hydrogen-bond donors (Lipinski definition) is 1. The quantitative estimate of drug-likeness (QED) is 0.771. The molecule has 0 aromatic carbocycles. The van der Waals surface area contributed by atoms with Crippen LogP contribution in [0.15, 0.2) is 4.99 Å². The van der Waals surface area contributed by atoms with Gasteiger partial charge in [-0.1, -0.05) is 12.8 Å². The molecule has 1 N–H and O–H groups in total. The first-order valence-electron chi connectivity index (χ1n) is 6.83. The van der Waals surface area contributed by atoms with Gasteiger partial charge in [0.25, 0.3) is 0 Å². The summed E-state index contributed by atoms with van der Waals surface area (Å²) in [5, 5.41) is 9.24. The van der Waals surface area contributed by atoms with Crippen molar-refractivity contribution in [1.82, 2.24) is 4.90 Å². The van der Waals surface area contributed by atoms with E-state index < -0.39 is 0 Å². The lowest BCUT2D eigenvalue weighted by Crippen LogP contribution is -2.39. The Hall–Kier alpha value is -0.570. The lowest BCUT2D eigenvalue weighted by Gasteiger charge is -2.31. The van der Waals surface area contributed by atoms with E-state index in [1.807, 2.05) is 0 Å². The standard InChI is InChI=1S/C13H22N2O/c16-9-6-12-10-4-1-2-5-11(10)13-14-7-3-8-15(12)13/h10-12,16H,1-9H2/t10-,11+,12+/m0/s1. The zero-order valence-electron chi connectivity index (χ0n) is 9.94. The van der Waals surface area contributed by atoms with Gasteiger partial charge in [-0.05, 0) is 31.6 Å². The van der Waals surface area contributed by atoms with E-state index in [1.54, 1.807) is 0 Å². The minimum atomic E-state index is 0.331. The lowest BCUT2D eigenvalue weighted by atomic mass is 9.77. The van der Waals surface area contributed by atoms with Gasteiger partial charge < -0.3 is 10.0 Å². The molecule has 3 nitrogen and oxygen atoms in total. The topological polar surface area (TPSA) is 35.8 Å². The molecule has 0 amide bonds. The van der Waals surface area contributed by atoms with Crippen LogP contribution in [0.25, 0.3) is 0 Å². The molecular formula is C13H22N2O. The molecule has 2 aliphatic heterocycles. The minimum Gasteiger partial charge on any atom is -0.396 e. The van der Waals surface area contributed by atoms with Crippen molar-refractivity contribution in [3.8, 4) is 0 Å². The highest BCUT2D eigenvalue weighted by atomic mass is 16.3. The van der Waals surface area contributed by atoms with E-state index in [9.17, 15) is 5.11 Å². The van der Waals surface area contributed by atoms with Crippen molar-refractivity contribution in [3.05, 3.63) is 0 Å². The Labute approximate surface area is 97.6 Å². The Kier molecular flexibility index (Phi) is 2.88. The Balaban J connectivity index is 1.87. The molecule has 0 radical (unpaired) electrons. The second-order valence-corrected chi connectivity index (χ2v) is 5.42. The van der Waals surface area contributed by atoms with E-state index in [-0.39, 0.29) is 0 Å². The molecule has 0 aromatic rings. The maximum atomic E-state index is 9.24. The summed E-state index contributed by atoms with van der Waals surface area (Å²) in [6, 6.07) is 0.592. The highest BCUT2D eigenvalue weighted by Gasteiger charge is 2.46. The molecule has 1 aliphatic carbocycles. The fraction of sp³-hybridized carbons (Fsp3) is 0.923. The molecule has 3 aliphatic rings. The highest BCUT2D eigenvalue weighted by Crippen LogP contribution is 2.43. The van der Waals surface area contributed by atoms with Crippen molar-refractivity contribution in [3.63, 3.8) is 0 Å². The number of aliphatic imine (C=N–C) groups is 1. The summed E-state index contributed by atoms with van der Waals surface area (Å²) in [5.74, 6) is 2.91. The van der Waals surface area contributed by atoms with Crippen LogP contribution in [0.4, 0.5) is 0 Å². The zero-order chi connectivity index (χ0) is 11.0. The molecule has 0 aromatic heterocycles. The molecule has 0 spiro atoms. The largest absolute Gasteiger partial charge is 0.396 e. The first kappa shape index (κ1) is 10.6. The summed E-state index contributed by atoms with van der Waals surface area (Å²) >= 11 is 0. The number of nitrogens with zero attached hydrogens (tertiary/aromatic N) is 2. The summed E-state index contributed by atoms with van der Waals surface area (Å²) in [7, 11) is 0. The predicted octanol–water partition coefficient (Wildman–Crippen LogP) is 1.66. The second-order valence-electron chi connectivity index (χ2n) is 5.42. The van der Waals surface area contributed by atoms with Crippen LogP contribution in [0.5, 0.6) is 0 Å². The monoisotopic (exact) mass is 222 g/mol. The van der Waals surface area contributed by atoms with Gasteiger partial charge in [0.1, 0.15) is 5.84 Å². The van der Waals surface area contributed by atoms with Gasteiger partial charge in [0, 0.05) is 31.7 Å². The fourth-order valence-corrected chi connectivity index (χ4v) is 3.98. The van der Waals surface area contributed by atoms with E-state index in [0.717, 1.165) is 24.8 Å². The third kappa shape index (κ3) is 1.56. The van der Waals surface area contributed by atoms with Crippen LogP contribution < -0.4 is 0 Å². The van der Waals surface area contributed by atoms with Gasteiger partial charge in [-0.3, -0.25) is 4.99 Å². The average Bonchev–Trinajstić information content (AvgIpc) is 2.66. The molecule has 2 fully saturated rings. The van der Waals surface area contributed by atoms with Gasteiger partial charge in [0.2, 0.25) is 0 Å². The van der Waals surface area contributed by atoms with Crippen LogP contribution >= 0.6 is 0 Å². The Bertz CT molecular complexity index is 290. The van der Waals surface area contributed by atoms with Crippen LogP contribution in [0.1, 0.15) is 38.5 Å². The van der Waals surface area contributed by atoms with E-state index in [0.29, 0.717) is 12.6 Å². The molecule has 3 atom stereocenters. The highest BCUT2D eigenvalue weighted by molar-refractivity contribution is 5.88. The molecular weight excluding hydrogens is 200 g/mol. The van der Waals surface area contributed by atoms with Gasteiger partial charge >= 0.3 is 0 Å². The van der Waals surface area contributed by atoms with Crippen molar-refractivity contribution in [1.29, 1.82) is 0 Å². The predicted molar refractivity (Wildman–Crippen MR) is 64.6 cm³/mol. The van der Waals surface area contributed by atoms with E-state index in [1.165, 1.54) is 44.5 Å². The van der Waals surface area contributed by atoms with Gasteiger partial charge in [0.05, 0.1) is 0 Å². The molecule has 2 heterocycles. The number of hydrogen-bond acceptors (Lipinski definition) is 3. The molecule has 3 heteroatoms. The van der Waals surface area contributed by atoms with Crippen molar-refractivity contribution in [2.24, 2.45) is 16.8 Å². The normalized spacial score (nSPS) is 37.9. The second kappa shape index (κ2) is 4.36. The van der Waals surface area contributed by atoms with Gasteiger partial charge in [-0.2, -0.15) is 0 Å². The Morgan fingerprint density at radius 3 is 3.00 bits per heavy atom. The summed E-state index contributed by atoms with van der Waals surface area (Å²) in [6.45, 7) is 2.54. The summed E-state index contributed by atoms with van der Waals surface area (Å²) < 4.78 is 0. The molecule has 0 unspecified atom stereocenters. The fourth-order valence-electron chi connectivity index (χ4n) is 3.98. The van der Waals surface area contributed by atoms with Crippen LogP contribution in [0.3, 0.4) is 0 Å². The number of rotatable bonds is 2. The molecule has 16 heavy (non-hydrogen) atoms. The van der Waals surface area contributed by atoms with Crippen LogP contribution in [0.2, 0.25) is 0 Å². The van der Waals surface area contributed by atoms with Gasteiger partial charge in [-0.25, -0.2) is 0 Å². The lowest BCUT2D eigenvalue weighted by molar-refractivity contribution is 0.170. The summed E-state index contributed by atoms with van der Waals surface area (Å²) in [6.07, 6.45) is 7.59. The Morgan fingerprint density at radius 1 is 1.25 bits per heavy atom. The maximum Gasteiger partial charge on any atom is 0.103 e. The number of fused-ring (bicyclic) bond motifs is 3. The van der Waals surface area contributed by atoms with Gasteiger partial charge in [-0.15, -0.1) is 0 Å². The zero-order valence-corrected chi connectivity index (χ0v) is 9.94. The molecule has 90 valence electrons. The summed E-state index contributed by atoms with van der Waals surface area (Å²) in [4.78, 5) is 7.30. The smallest absolute Gasteiger partial charge is 0.103 e. The number of aliphatic hydroxyl groups is 1. The van der Waals surface area contributed by atoms with Crippen LogP contribution in [-0.4, -0.2) is 41.6 Å². The van der Waals surface area contributed by atoms with Crippen molar-refractivity contribution >= 4 is 5.84 Å². The first-order chi connectivity index (χ1) is 7.92. The number of amidine groups is 1. The van der Waals surface area contributed by atoms with Gasteiger partial charge in [0.15, 0.2) is 0 Å². The van der Waals surface area contributed by atoms with Crippen LogP contribution in [-0.2, 0) is 0 Å². The van der Waals surface area contributed by atoms with Crippen LogP contribution in [0, 0.1) is 11.8 Å². The van der Waals surface area contributed by atoms with E-state index in [4.69, 9.17) is 4.99 Å². The third-order valence-electron chi connectivity index (χ3n) is 4.60. The molecule has 1 saturated heterocycles. The van der Waals surface area contributed by atoms with Crippen molar-refractivity contribution in [2.45, 2.75) is 44.6 Å². The third-order valence-corrected chi connectivity index (χ3v) is 4.60. The molecule has 1 saturated carbocycles. The summed E-state index contributed by atoms with van der Waals surface area (Å²) in [5.41, 5.74) is 0. The average molecular weight is 222 g/mol. The molecule has 3 rings (SSSR count). The van der Waals surface area contributed by atoms with E-state index >= 15 is 0 Å². The van der Waals surface area contributed by atoms with Crippen molar-refractivity contribution < 1.29 is 5.11 Å². The minimum absolute atomic E-state index is 0.331. The number of aliphatic hydroxyl groups excluding tert-OH is 1. The van der Waals surface area contributed by atoms with Crippen molar-refractivity contribution in [2.75, 3.05) is 19.7 Å².